The molecular formula is C13H22N2OS. The van der Waals surface area contributed by atoms with Gasteiger partial charge in [-0.3, -0.25) is 11.3 Å². The van der Waals surface area contributed by atoms with Crippen molar-refractivity contribution in [2.75, 3.05) is 6.61 Å². The highest BCUT2D eigenvalue weighted by Gasteiger charge is 2.19. The van der Waals surface area contributed by atoms with Gasteiger partial charge in [0.15, 0.2) is 0 Å². The van der Waals surface area contributed by atoms with E-state index in [2.05, 4.69) is 24.5 Å². The first kappa shape index (κ1) is 13.0. The lowest BCUT2D eigenvalue weighted by molar-refractivity contribution is 0.0997. The zero-order chi connectivity index (χ0) is 12.1. The van der Waals surface area contributed by atoms with Crippen LogP contribution in [0.3, 0.4) is 0 Å². The third-order valence-electron chi connectivity index (χ3n) is 3.38. The summed E-state index contributed by atoms with van der Waals surface area (Å²) in [5.41, 5.74) is 2.93. The Labute approximate surface area is 107 Å². The third kappa shape index (κ3) is 3.52. The quantitative estimate of drug-likeness (QED) is 0.606. The van der Waals surface area contributed by atoms with E-state index in [0.717, 1.165) is 25.9 Å². The topological polar surface area (TPSA) is 47.3 Å². The number of nitrogens with one attached hydrogen (secondary N) is 1. The fourth-order valence-corrected chi connectivity index (χ4v) is 3.35. The molecule has 2 heterocycles. The van der Waals surface area contributed by atoms with E-state index in [4.69, 9.17) is 10.6 Å². The van der Waals surface area contributed by atoms with Crippen LogP contribution in [-0.2, 0) is 11.2 Å². The van der Waals surface area contributed by atoms with Crippen molar-refractivity contribution >= 4 is 11.3 Å². The molecule has 1 aliphatic heterocycles. The first-order valence-electron chi connectivity index (χ1n) is 6.49. The van der Waals surface area contributed by atoms with Crippen LogP contribution in [0.25, 0.3) is 0 Å². The van der Waals surface area contributed by atoms with Crippen LogP contribution >= 0.6 is 11.3 Å². The molecule has 3 nitrogen and oxygen atoms in total. The molecule has 0 radical (unpaired) electrons. The van der Waals surface area contributed by atoms with Gasteiger partial charge < -0.3 is 4.74 Å². The first-order valence-corrected chi connectivity index (χ1v) is 7.31. The summed E-state index contributed by atoms with van der Waals surface area (Å²) >= 11 is 1.86. The van der Waals surface area contributed by atoms with Gasteiger partial charge >= 0.3 is 0 Å². The highest BCUT2D eigenvalue weighted by molar-refractivity contribution is 7.12. The van der Waals surface area contributed by atoms with Gasteiger partial charge in [-0.05, 0) is 44.2 Å². The van der Waals surface area contributed by atoms with E-state index in [1.54, 1.807) is 0 Å². The molecule has 1 fully saturated rings. The Hall–Kier alpha value is -0.420. The molecule has 4 heteroatoms. The molecule has 3 N–H and O–H groups in total. The Balaban J connectivity index is 1.86. The Morgan fingerprint density at radius 3 is 3.06 bits per heavy atom. The molecule has 1 aliphatic rings. The second-order valence-electron chi connectivity index (χ2n) is 4.59. The maximum atomic E-state index is 5.66. The molecular weight excluding hydrogens is 232 g/mol. The van der Waals surface area contributed by atoms with Gasteiger partial charge in [0.05, 0.1) is 12.1 Å². The SMILES string of the molecule is CCc1ccc(C(CCC2CCCO2)NN)s1. The molecule has 0 amide bonds. The lowest BCUT2D eigenvalue weighted by Gasteiger charge is -2.16. The minimum absolute atomic E-state index is 0.282. The molecule has 2 unspecified atom stereocenters. The summed E-state index contributed by atoms with van der Waals surface area (Å²) in [6, 6.07) is 4.68. The number of nitrogens with two attached hydrogens (primary N) is 1. The van der Waals surface area contributed by atoms with Crippen molar-refractivity contribution in [1.29, 1.82) is 0 Å². The number of thiophene rings is 1. The van der Waals surface area contributed by atoms with E-state index < -0.39 is 0 Å². The molecule has 0 spiro atoms. The fraction of sp³-hybridized carbons (Fsp3) is 0.692. The van der Waals surface area contributed by atoms with Crippen molar-refractivity contribution in [2.24, 2.45) is 5.84 Å². The summed E-state index contributed by atoms with van der Waals surface area (Å²) in [6.45, 7) is 3.12. The monoisotopic (exact) mass is 254 g/mol. The van der Waals surface area contributed by atoms with Crippen molar-refractivity contribution in [3.63, 3.8) is 0 Å². The largest absolute Gasteiger partial charge is 0.378 e. The number of aryl methyl sites for hydroxylation is 1. The zero-order valence-electron chi connectivity index (χ0n) is 10.4. The predicted octanol–water partition coefficient (Wildman–Crippen LogP) is 2.77. The zero-order valence-corrected chi connectivity index (χ0v) is 11.3. The molecule has 1 aromatic rings. The molecule has 1 aromatic heterocycles. The van der Waals surface area contributed by atoms with Crippen LogP contribution in [0.4, 0.5) is 0 Å². The standard InChI is InChI=1S/C13H22N2OS/c1-2-11-6-8-13(17-11)12(15-14)7-5-10-4-3-9-16-10/h6,8,10,12,15H,2-5,7,9,14H2,1H3. The molecule has 0 aliphatic carbocycles. The fourth-order valence-electron chi connectivity index (χ4n) is 2.30. The molecule has 0 saturated carbocycles. The maximum absolute atomic E-state index is 5.66. The van der Waals surface area contributed by atoms with Crippen LogP contribution in [0.15, 0.2) is 12.1 Å². The Kier molecular flexibility index (Phi) is 4.98. The number of rotatable bonds is 6. The minimum Gasteiger partial charge on any atom is -0.378 e. The van der Waals surface area contributed by atoms with Gasteiger partial charge in [0.25, 0.3) is 0 Å². The summed E-state index contributed by atoms with van der Waals surface area (Å²) in [5, 5.41) is 0. The summed E-state index contributed by atoms with van der Waals surface area (Å²) in [4.78, 5) is 2.78. The molecule has 0 aromatic carbocycles. The van der Waals surface area contributed by atoms with Crippen molar-refractivity contribution in [1.82, 2.24) is 5.43 Å². The Bertz CT molecular complexity index is 334. The van der Waals surface area contributed by atoms with E-state index >= 15 is 0 Å². The molecule has 1 saturated heterocycles. The molecule has 17 heavy (non-hydrogen) atoms. The van der Waals surface area contributed by atoms with Gasteiger partial charge in [-0.1, -0.05) is 6.92 Å². The second kappa shape index (κ2) is 6.50. The molecule has 96 valence electrons. The molecule has 2 rings (SSSR count). The summed E-state index contributed by atoms with van der Waals surface area (Å²) in [5.74, 6) is 5.66. The van der Waals surface area contributed by atoms with Crippen LogP contribution in [0.2, 0.25) is 0 Å². The van der Waals surface area contributed by atoms with Crippen molar-refractivity contribution in [3.05, 3.63) is 21.9 Å². The average Bonchev–Trinajstić information content (AvgIpc) is 3.00. The normalized spacial score (nSPS) is 21.9. The van der Waals surface area contributed by atoms with Crippen LogP contribution < -0.4 is 11.3 Å². The summed E-state index contributed by atoms with van der Waals surface area (Å²) in [6.07, 6.45) is 6.15. The van der Waals surface area contributed by atoms with Crippen molar-refractivity contribution in [2.45, 2.75) is 51.2 Å². The van der Waals surface area contributed by atoms with E-state index in [1.165, 1.54) is 22.6 Å². The summed E-state index contributed by atoms with van der Waals surface area (Å²) in [7, 11) is 0. The first-order chi connectivity index (χ1) is 8.33. The number of ether oxygens (including phenoxy) is 1. The Morgan fingerprint density at radius 1 is 1.59 bits per heavy atom. The van der Waals surface area contributed by atoms with Crippen LogP contribution in [0.1, 0.15) is 48.4 Å². The minimum atomic E-state index is 0.282. The van der Waals surface area contributed by atoms with E-state index in [9.17, 15) is 0 Å². The molecule has 0 bridgehead atoms. The van der Waals surface area contributed by atoms with Gasteiger partial charge in [0, 0.05) is 16.4 Å². The van der Waals surface area contributed by atoms with Gasteiger partial charge in [-0.2, -0.15) is 0 Å². The van der Waals surface area contributed by atoms with Crippen LogP contribution in [0.5, 0.6) is 0 Å². The second-order valence-corrected chi connectivity index (χ2v) is 5.79. The smallest absolute Gasteiger partial charge is 0.0576 e. The van der Waals surface area contributed by atoms with E-state index in [0.29, 0.717) is 6.10 Å². The summed E-state index contributed by atoms with van der Waals surface area (Å²) < 4.78 is 5.64. The van der Waals surface area contributed by atoms with E-state index in [1.807, 2.05) is 11.3 Å². The molecule has 2 atom stereocenters. The maximum Gasteiger partial charge on any atom is 0.0576 e. The van der Waals surface area contributed by atoms with Crippen molar-refractivity contribution in [3.8, 4) is 0 Å². The van der Waals surface area contributed by atoms with Gasteiger partial charge in [0.1, 0.15) is 0 Å². The highest BCUT2D eigenvalue weighted by atomic mass is 32.1. The number of hydrazine groups is 1. The van der Waals surface area contributed by atoms with Crippen LogP contribution in [0, 0.1) is 0 Å². The van der Waals surface area contributed by atoms with Crippen molar-refractivity contribution < 1.29 is 4.74 Å². The van der Waals surface area contributed by atoms with Gasteiger partial charge in [-0.15, -0.1) is 11.3 Å². The number of hydrogen-bond acceptors (Lipinski definition) is 4. The number of hydrogen-bond donors (Lipinski definition) is 2. The lowest BCUT2D eigenvalue weighted by Crippen LogP contribution is -2.28. The third-order valence-corrected chi connectivity index (χ3v) is 4.72. The predicted molar refractivity (Wildman–Crippen MR) is 72.0 cm³/mol. The Morgan fingerprint density at radius 2 is 2.47 bits per heavy atom. The van der Waals surface area contributed by atoms with E-state index in [-0.39, 0.29) is 6.04 Å². The average molecular weight is 254 g/mol. The van der Waals surface area contributed by atoms with Crippen LogP contribution in [-0.4, -0.2) is 12.7 Å². The van der Waals surface area contributed by atoms with Gasteiger partial charge in [0.2, 0.25) is 0 Å². The highest BCUT2D eigenvalue weighted by Crippen LogP contribution is 2.28. The lowest BCUT2D eigenvalue weighted by atomic mass is 10.1. The van der Waals surface area contributed by atoms with Gasteiger partial charge in [-0.25, -0.2) is 0 Å².